The van der Waals surface area contributed by atoms with Crippen LogP contribution in [0.5, 0.6) is 0 Å². The Morgan fingerprint density at radius 2 is 2.18 bits per heavy atom. The van der Waals surface area contributed by atoms with Crippen LogP contribution >= 0.6 is 0 Å². The van der Waals surface area contributed by atoms with Crippen LogP contribution in [0, 0.1) is 0 Å². The first-order valence-electron chi connectivity index (χ1n) is 7.77. The highest BCUT2D eigenvalue weighted by Gasteiger charge is 2.28. The molecule has 0 amide bonds. The summed E-state index contributed by atoms with van der Waals surface area (Å²) >= 11 is 0. The van der Waals surface area contributed by atoms with Crippen molar-refractivity contribution >= 4 is 0 Å². The lowest BCUT2D eigenvalue weighted by atomic mass is 9.94. The molecule has 2 heterocycles. The van der Waals surface area contributed by atoms with Gasteiger partial charge >= 0.3 is 0 Å². The molecule has 1 aromatic heterocycles. The van der Waals surface area contributed by atoms with Crippen LogP contribution in [-0.2, 0) is 6.42 Å². The van der Waals surface area contributed by atoms with E-state index in [1.54, 1.807) is 0 Å². The molecule has 1 unspecified atom stereocenters. The molecule has 1 saturated heterocycles. The maximum atomic E-state index is 10.3. The Kier molecular flexibility index (Phi) is 4.82. The zero-order valence-corrected chi connectivity index (χ0v) is 12.6. The Bertz CT molecular complexity index is 579. The molecule has 6 nitrogen and oxygen atoms in total. The molecule has 0 spiro atoms. The summed E-state index contributed by atoms with van der Waals surface area (Å²) in [5.41, 5.74) is 0.293. The second-order valence-electron chi connectivity index (χ2n) is 5.81. The largest absolute Gasteiger partial charge is 0.387 e. The van der Waals surface area contributed by atoms with E-state index < -0.39 is 5.60 Å². The summed E-state index contributed by atoms with van der Waals surface area (Å²) in [5.74, 6) is 1.23. The molecule has 3 N–H and O–H groups in total. The van der Waals surface area contributed by atoms with Gasteiger partial charge in [-0.05, 0) is 31.5 Å². The van der Waals surface area contributed by atoms with E-state index in [1.165, 1.54) is 0 Å². The fourth-order valence-corrected chi connectivity index (χ4v) is 2.68. The van der Waals surface area contributed by atoms with Gasteiger partial charge in [-0.3, -0.25) is 0 Å². The molecule has 6 heteroatoms. The molecule has 1 atom stereocenters. The molecule has 3 rings (SSSR count). The van der Waals surface area contributed by atoms with Crippen molar-refractivity contribution in [3.63, 3.8) is 0 Å². The highest BCUT2D eigenvalue weighted by molar-refractivity contribution is 5.51. The third kappa shape index (κ3) is 3.91. The summed E-state index contributed by atoms with van der Waals surface area (Å²) in [6, 6.07) is 9.73. The van der Waals surface area contributed by atoms with Crippen molar-refractivity contribution in [1.29, 1.82) is 0 Å². The highest BCUT2D eigenvalue weighted by Crippen LogP contribution is 2.16. The van der Waals surface area contributed by atoms with Crippen LogP contribution in [-0.4, -0.2) is 47.0 Å². The Hall–Kier alpha value is -1.76. The molecular weight excluding hydrogens is 280 g/mol. The van der Waals surface area contributed by atoms with E-state index in [0.29, 0.717) is 31.2 Å². The number of aliphatic hydroxyl groups is 1. The van der Waals surface area contributed by atoms with Gasteiger partial charge in [-0.1, -0.05) is 23.4 Å². The van der Waals surface area contributed by atoms with E-state index in [0.717, 1.165) is 31.5 Å². The number of hydrogen-bond donors (Lipinski definition) is 3. The molecule has 0 aliphatic carbocycles. The van der Waals surface area contributed by atoms with Crippen molar-refractivity contribution in [1.82, 2.24) is 20.8 Å². The molecule has 22 heavy (non-hydrogen) atoms. The van der Waals surface area contributed by atoms with Crippen molar-refractivity contribution in [3.05, 3.63) is 36.2 Å². The van der Waals surface area contributed by atoms with Gasteiger partial charge in [0.25, 0.3) is 5.89 Å². The van der Waals surface area contributed by atoms with Gasteiger partial charge in [0.1, 0.15) is 0 Å². The lowest BCUT2D eigenvalue weighted by Gasteiger charge is -2.32. The van der Waals surface area contributed by atoms with Gasteiger partial charge in [-0.25, -0.2) is 0 Å². The second kappa shape index (κ2) is 7.00. The van der Waals surface area contributed by atoms with Gasteiger partial charge in [-0.2, -0.15) is 4.98 Å². The van der Waals surface area contributed by atoms with Crippen LogP contribution in [0.15, 0.2) is 34.9 Å². The van der Waals surface area contributed by atoms with E-state index in [9.17, 15) is 5.11 Å². The predicted molar refractivity (Wildman–Crippen MR) is 83.4 cm³/mol. The van der Waals surface area contributed by atoms with Gasteiger partial charge < -0.3 is 20.3 Å². The second-order valence-corrected chi connectivity index (χ2v) is 5.81. The maximum Gasteiger partial charge on any atom is 0.257 e. The summed E-state index contributed by atoms with van der Waals surface area (Å²) in [5, 5.41) is 20.8. The fourth-order valence-electron chi connectivity index (χ4n) is 2.68. The number of β-amino-alcohol motifs (C(OH)–C–C–N with tert-alkyl or cyclic N) is 1. The molecule has 1 aliphatic rings. The molecule has 1 aromatic carbocycles. The Balaban J connectivity index is 1.45. The summed E-state index contributed by atoms with van der Waals surface area (Å²) < 4.78 is 5.27. The quantitative estimate of drug-likeness (QED) is 0.690. The van der Waals surface area contributed by atoms with E-state index in [-0.39, 0.29) is 0 Å². The minimum atomic E-state index is -0.634. The highest BCUT2D eigenvalue weighted by atomic mass is 16.5. The van der Waals surface area contributed by atoms with Crippen LogP contribution in [0.1, 0.15) is 18.7 Å². The minimum absolute atomic E-state index is 0.547. The summed E-state index contributed by atoms with van der Waals surface area (Å²) in [4.78, 5) is 4.39. The number of aromatic nitrogens is 2. The van der Waals surface area contributed by atoms with Crippen molar-refractivity contribution < 1.29 is 9.63 Å². The first kappa shape index (κ1) is 15.1. The van der Waals surface area contributed by atoms with Crippen molar-refractivity contribution in [2.45, 2.75) is 24.9 Å². The summed E-state index contributed by atoms with van der Waals surface area (Å²) in [6.45, 7) is 2.95. The molecule has 0 saturated carbocycles. The van der Waals surface area contributed by atoms with Crippen molar-refractivity contribution in [3.8, 4) is 11.5 Å². The van der Waals surface area contributed by atoms with Crippen LogP contribution in [0.2, 0.25) is 0 Å². The minimum Gasteiger partial charge on any atom is -0.387 e. The van der Waals surface area contributed by atoms with Gasteiger partial charge in [0.15, 0.2) is 5.82 Å². The first-order chi connectivity index (χ1) is 10.8. The lowest BCUT2D eigenvalue weighted by Crippen LogP contribution is -2.52. The zero-order chi connectivity index (χ0) is 15.3. The maximum absolute atomic E-state index is 10.3. The smallest absolute Gasteiger partial charge is 0.257 e. The molecule has 118 valence electrons. The number of piperidine rings is 1. The average Bonchev–Trinajstić information content (AvgIpc) is 3.02. The van der Waals surface area contributed by atoms with Crippen LogP contribution in [0.25, 0.3) is 11.5 Å². The third-order valence-corrected chi connectivity index (χ3v) is 3.92. The van der Waals surface area contributed by atoms with E-state index in [4.69, 9.17) is 4.52 Å². The number of hydrogen-bond acceptors (Lipinski definition) is 6. The topological polar surface area (TPSA) is 83.2 Å². The molecular formula is C16H22N4O2. The van der Waals surface area contributed by atoms with Crippen LogP contribution < -0.4 is 10.6 Å². The fraction of sp³-hybridized carbons (Fsp3) is 0.500. The van der Waals surface area contributed by atoms with Gasteiger partial charge in [0.2, 0.25) is 0 Å². The van der Waals surface area contributed by atoms with E-state index in [1.807, 2.05) is 30.3 Å². The standard InChI is InChI=1S/C16H22N4O2/c21-16(8-4-9-17-11-16)12-18-10-7-14-19-15(22-20-14)13-5-2-1-3-6-13/h1-3,5-6,17-18,21H,4,7-12H2. The average molecular weight is 302 g/mol. The Morgan fingerprint density at radius 3 is 2.95 bits per heavy atom. The van der Waals surface area contributed by atoms with Crippen LogP contribution in [0.3, 0.4) is 0 Å². The van der Waals surface area contributed by atoms with Crippen molar-refractivity contribution in [2.24, 2.45) is 0 Å². The Morgan fingerprint density at radius 1 is 1.32 bits per heavy atom. The van der Waals surface area contributed by atoms with E-state index >= 15 is 0 Å². The van der Waals surface area contributed by atoms with Crippen LogP contribution in [0.4, 0.5) is 0 Å². The molecule has 0 bridgehead atoms. The predicted octanol–water partition coefficient (Wildman–Crippen LogP) is 0.983. The number of nitrogens with one attached hydrogen (secondary N) is 2. The van der Waals surface area contributed by atoms with Crippen molar-refractivity contribution in [2.75, 3.05) is 26.2 Å². The number of benzene rings is 1. The van der Waals surface area contributed by atoms with E-state index in [2.05, 4.69) is 20.8 Å². The molecule has 0 radical (unpaired) electrons. The van der Waals surface area contributed by atoms with Gasteiger partial charge in [-0.15, -0.1) is 0 Å². The normalized spacial score (nSPS) is 21.9. The lowest BCUT2D eigenvalue weighted by molar-refractivity contribution is 0.0174. The van der Waals surface area contributed by atoms with Gasteiger partial charge in [0.05, 0.1) is 5.60 Å². The molecule has 1 fully saturated rings. The number of nitrogens with zero attached hydrogens (tertiary/aromatic N) is 2. The first-order valence-corrected chi connectivity index (χ1v) is 7.77. The SMILES string of the molecule is OC1(CNCCc2noc(-c3ccccc3)n2)CCCNC1. The van der Waals surface area contributed by atoms with Gasteiger partial charge in [0, 0.05) is 31.6 Å². The monoisotopic (exact) mass is 302 g/mol. The molecule has 2 aromatic rings. The summed E-state index contributed by atoms with van der Waals surface area (Å²) in [6.07, 6.45) is 2.54. The Labute approximate surface area is 129 Å². The summed E-state index contributed by atoms with van der Waals surface area (Å²) in [7, 11) is 0. The number of rotatable bonds is 6. The third-order valence-electron chi connectivity index (χ3n) is 3.92. The molecule has 1 aliphatic heterocycles. The zero-order valence-electron chi connectivity index (χ0n) is 12.6.